The molecule has 1 aliphatic rings. The van der Waals surface area contributed by atoms with E-state index in [-0.39, 0.29) is 16.8 Å². The van der Waals surface area contributed by atoms with Crippen molar-refractivity contribution in [1.29, 1.82) is 0 Å². The predicted octanol–water partition coefficient (Wildman–Crippen LogP) is 0.706. The summed E-state index contributed by atoms with van der Waals surface area (Å²) in [5, 5.41) is 3.99. The zero-order valence-corrected chi connectivity index (χ0v) is 10.7. The van der Waals surface area contributed by atoms with Gasteiger partial charge in [0.15, 0.2) is 5.82 Å². The first-order chi connectivity index (χ1) is 8.03. The zero-order chi connectivity index (χ0) is 12.5. The number of nitrogens with zero attached hydrogens (tertiary/aromatic N) is 2. The highest BCUT2D eigenvalue weighted by atomic mass is 32.2. The number of hydrogen-bond donors (Lipinski definition) is 2. The summed E-state index contributed by atoms with van der Waals surface area (Å²) in [6.45, 7) is 2.67. The Kier molecular flexibility index (Phi) is 3.39. The number of aromatic nitrogens is 2. The lowest BCUT2D eigenvalue weighted by Gasteiger charge is -2.25. The summed E-state index contributed by atoms with van der Waals surface area (Å²) in [6, 6.07) is 0.0638. The lowest BCUT2D eigenvalue weighted by molar-refractivity contribution is 0.383. The Morgan fingerprint density at radius 1 is 1.59 bits per heavy atom. The van der Waals surface area contributed by atoms with Crippen LogP contribution < -0.4 is 10.5 Å². The first-order valence-corrected chi connectivity index (χ1v) is 7.36. The Balaban J connectivity index is 2.19. The quantitative estimate of drug-likeness (QED) is 0.813. The van der Waals surface area contributed by atoms with E-state index in [1.54, 1.807) is 4.68 Å². The first-order valence-electron chi connectivity index (χ1n) is 5.88. The maximum Gasteiger partial charge on any atom is 0.246 e. The van der Waals surface area contributed by atoms with Crippen LogP contribution in [-0.4, -0.2) is 24.2 Å². The van der Waals surface area contributed by atoms with Crippen molar-refractivity contribution in [2.45, 2.75) is 50.1 Å². The highest BCUT2D eigenvalue weighted by Gasteiger charge is 2.27. The third-order valence-corrected chi connectivity index (χ3v) is 4.46. The standard InChI is InChI=1S/C10H18N4O2S/c1-2-6-14-7-9(10(11)12-14)17(15,16)13-8-4-3-5-8/h7-8,13H,2-6H2,1H3,(H2,11,12). The number of nitrogens with one attached hydrogen (secondary N) is 1. The summed E-state index contributed by atoms with van der Waals surface area (Å²) in [5.41, 5.74) is 5.64. The lowest BCUT2D eigenvalue weighted by atomic mass is 9.94. The molecule has 6 nitrogen and oxygen atoms in total. The van der Waals surface area contributed by atoms with E-state index in [9.17, 15) is 8.42 Å². The van der Waals surface area contributed by atoms with Gasteiger partial charge < -0.3 is 5.73 Å². The van der Waals surface area contributed by atoms with Crippen LogP contribution in [0.25, 0.3) is 0 Å². The molecule has 0 unspecified atom stereocenters. The summed E-state index contributed by atoms with van der Waals surface area (Å²) in [6.07, 6.45) is 5.28. The van der Waals surface area contributed by atoms with Gasteiger partial charge in [0.05, 0.1) is 0 Å². The van der Waals surface area contributed by atoms with Gasteiger partial charge in [-0.15, -0.1) is 0 Å². The average molecular weight is 258 g/mol. The van der Waals surface area contributed by atoms with Crippen molar-refractivity contribution < 1.29 is 8.42 Å². The Hall–Kier alpha value is -1.08. The van der Waals surface area contributed by atoms with Crippen molar-refractivity contribution in [2.75, 3.05) is 5.73 Å². The fraction of sp³-hybridized carbons (Fsp3) is 0.700. The highest BCUT2D eigenvalue weighted by molar-refractivity contribution is 7.89. The normalized spacial score (nSPS) is 17.0. The number of hydrogen-bond acceptors (Lipinski definition) is 4. The first kappa shape index (κ1) is 12.4. The molecule has 0 amide bonds. The molecule has 1 heterocycles. The monoisotopic (exact) mass is 258 g/mol. The molecule has 0 aromatic carbocycles. The Bertz CT molecular complexity index is 490. The second kappa shape index (κ2) is 4.66. The molecule has 0 atom stereocenters. The van der Waals surface area contributed by atoms with Gasteiger partial charge in [-0.3, -0.25) is 4.68 Å². The summed E-state index contributed by atoms with van der Waals surface area (Å²) in [7, 11) is -3.51. The van der Waals surface area contributed by atoms with Gasteiger partial charge in [0.25, 0.3) is 0 Å². The SMILES string of the molecule is CCCn1cc(S(=O)(=O)NC2CCC2)c(N)n1. The maximum absolute atomic E-state index is 12.0. The number of nitrogens with two attached hydrogens (primary N) is 1. The Labute approximate surface area is 101 Å². The van der Waals surface area contributed by atoms with E-state index in [1.807, 2.05) is 6.92 Å². The smallest absolute Gasteiger partial charge is 0.246 e. The fourth-order valence-electron chi connectivity index (χ4n) is 1.78. The minimum Gasteiger partial charge on any atom is -0.381 e. The highest BCUT2D eigenvalue weighted by Crippen LogP contribution is 2.23. The van der Waals surface area contributed by atoms with Crippen LogP contribution in [0.1, 0.15) is 32.6 Å². The molecule has 0 radical (unpaired) electrons. The third-order valence-electron chi connectivity index (χ3n) is 2.92. The van der Waals surface area contributed by atoms with Crippen LogP contribution in [0.15, 0.2) is 11.1 Å². The van der Waals surface area contributed by atoms with Gasteiger partial charge in [-0.05, 0) is 19.3 Å². The molecule has 2 rings (SSSR count). The number of anilines is 1. The number of aryl methyl sites for hydroxylation is 1. The summed E-state index contributed by atoms with van der Waals surface area (Å²) >= 11 is 0. The molecule has 17 heavy (non-hydrogen) atoms. The van der Waals surface area contributed by atoms with Crippen molar-refractivity contribution in [3.05, 3.63) is 6.20 Å². The van der Waals surface area contributed by atoms with Crippen molar-refractivity contribution in [1.82, 2.24) is 14.5 Å². The molecular weight excluding hydrogens is 240 g/mol. The fourth-order valence-corrected chi connectivity index (χ4v) is 3.16. The van der Waals surface area contributed by atoms with E-state index in [2.05, 4.69) is 9.82 Å². The van der Waals surface area contributed by atoms with Gasteiger partial charge in [-0.2, -0.15) is 5.10 Å². The molecule has 1 saturated carbocycles. The third kappa shape index (κ3) is 2.61. The number of rotatable bonds is 5. The van der Waals surface area contributed by atoms with Crippen LogP contribution in [0.3, 0.4) is 0 Å². The summed E-state index contributed by atoms with van der Waals surface area (Å²) in [5.74, 6) is 0.0743. The molecule has 96 valence electrons. The molecule has 0 bridgehead atoms. The molecule has 0 aliphatic heterocycles. The van der Waals surface area contributed by atoms with Crippen molar-refractivity contribution >= 4 is 15.8 Å². The topological polar surface area (TPSA) is 90.0 Å². The predicted molar refractivity (Wildman–Crippen MR) is 64.9 cm³/mol. The zero-order valence-electron chi connectivity index (χ0n) is 9.89. The average Bonchev–Trinajstić information content (AvgIpc) is 2.55. The van der Waals surface area contributed by atoms with E-state index in [4.69, 9.17) is 5.73 Å². The molecular formula is C10H18N4O2S. The Morgan fingerprint density at radius 3 is 2.82 bits per heavy atom. The minimum atomic E-state index is -3.51. The molecule has 1 aromatic heterocycles. The van der Waals surface area contributed by atoms with Crippen molar-refractivity contribution in [2.24, 2.45) is 0 Å². The summed E-state index contributed by atoms with van der Waals surface area (Å²) < 4.78 is 28.3. The van der Waals surface area contributed by atoms with Crippen LogP contribution >= 0.6 is 0 Å². The van der Waals surface area contributed by atoms with E-state index in [0.717, 1.165) is 25.7 Å². The molecule has 0 spiro atoms. The van der Waals surface area contributed by atoms with Crippen LogP contribution in [0, 0.1) is 0 Å². The second-order valence-electron chi connectivity index (χ2n) is 4.39. The van der Waals surface area contributed by atoms with Gasteiger partial charge in [0.2, 0.25) is 10.0 Å². The van der Waals surface area contributed by atoms with Crippen LogP contribution in [0.4, 0.5) is 5.82 Å². The van der Waals surface area contributed by atoms with E-state index in [1.165, 1.54) is 6.20 Å². The van der Waals surface area contributed by atoms with Gasteiger partial charge >= 0.3 is 0 Å². The summed E-state index contributed by atoms with van der Waals surface area (Å²) in [4.78, 5) is 0.0952. The van der Waals surface area contributed by atoms with Crippen LogP contribution in [0.5, 0.6) is 0 Å². The van der Waals surface area contributed by atoms with Gasteiger partial charge in [-0.25, -0.2) is 13.1 Å². The lowest BCUT2D eigenvalue weighted by Crippen LogP contribution is -2.39. The van der Waals surface area contributed by atoms with Gasteiger partial charge in [0, 0.05) is 18.8 Å². The van der Waals surface area contributed by atoms with E-state index in [0.29, 0.717) is 6.54 Å². The van der Waals surface area contributed by atoms with E-state index < -0.39 is 10.0 Å². The largest absolute Gasteiger partial charge is 0.381 e. The molecule has 0 saturated heterocycles. The minimum absolute atomic E-state index is 0.0638. The van der Waals surface area contributed by atoms with E-state index >= 15 is 0 Å². The molecule has 3 N–H and O–H groups in total. The van der Waals surface area contributed by atoms with Crippen molar-refractivity contribution in [3.63, 3.8) is 0 Å². The second-order valence-corrected chi connectivity index (χ2v) is 6.07. The van der Waals surface area contributed by atoms with Crippen LogP contribution in [-0.2, 0) is 16.6 Å². The van der Waals surface area contributed by atoms with Crippen LogP contribution in [0.2, 0.25) is 0 Å². The number of nitrogen functional groups attached to an aromatic ring is 1. The molecule has 1 aromatic rings. The Morgan fingerprint density at radius 2 is 2.29 bits per heavy atom. The molecule has 7 heteroatoms. The van der Waals surface area contributed by atoms with Gasteiger partial charge in [-0.1, -0.05) is 13.3 Å². The maximum atomic E-state index is 12.0. The number of sulfonamides is 1. The molecule has 1 aliphatic carbocycles. The molecule has 1 fully saturated rings. The van der Waals surface area contributed by atoms with Gasteiger partial charge in [0.1, 0.15) is 4.90 Å². The van der Waals surface area contributed by atoms with Crippen molar-refractivity contribution in [3.8, 4) is 0 Å².